The number of hydrogen-bond donors (Lipinski definition) is 4. The minimum atomic E-state index is -0.152. The number of rotatable bonds is 19. The van der Waals surface area contributed by atoms with Crippen LogP contribution in [0, 0.1) is 0 Å². The predicted molar refractivity (Wildman–Crippen MR) is 142 cm³/mol. The first-order chi connectivity index (χ1) is 17.4. The van der Waals surface area contributed by atoms with Crippen molar-refractivity contribution in [3.8, 4) is 23.0 Å². The van der Waals surface area contributed by atoms with Gasteiger partial charge < -0.3 is 20.4 Å². The van der Waals surface area contributed by atoms with Gasteiger partial charge in [-0.2, -0.15) is 0 Å². The number of ketones is 2. The van der Waals surface area contributed by atoms with E-state index in [0.29, 0.717) is 12.8 Å². The van der Waals surface area contributed by atoms with Gasteiger partial charge in [-0.3, -0.25) is 9.59 Å². The molecule has 198 valence electrons. The molecule has 0 saturated carbocycles. The molecule has 0 saturated heterocycles. The van der Waals surface area contributed by atoms with E-state index in [4.69, 9.17) is 0 Å². The third kappa shape index (κ3) is 11.1. The monoisotopic (exact) mass is 498 g/mol. The lowest BCUT2D eigenvalue weighted by atomic mass is 10.0. The van der Waals surface area contributed by atoms with Crippen LogP contribution in [0.15, 0.2) is 36.4 Å². The summed E-state index contributed by atoms with van der Waals surface area (Å²) < 4.78 is 0. The van der Waals surface area contributed by atoms with Gasteiger partial charge in [0, 0.05) is 25.0 Å². The van der Waals surface area contributed by atoms with Crippen molar-refractivity contribution in [2.24, 2.45) is 0 Å². The maximum absolute atomic E-state index is 12.1. The number of hydrogen-bond acceptors (Lipinski definition) is 6. The third-order valence-electron chi connectivity index (χ3n) is 6.62. The molecule has 2 aromatic rings. The first-order valence-corrected chi connectivity index (χ1v) is 13.5. The number of unbranched alkanes of at least 4 members (excludes halogenated alkanes) is 13. The molecule has 0 radical (unpaired) electrons. The highest BCUT2D eigenvalue weighted by molar-refractivity contribution is 5.99. The van der Waals surface area contributed by atoms with E-state index >= 15 is 0 Å². The number of Topliss-reactive ketones (excluding diaryl/α,β-unsaturated/α-hetero) is 2. The molecule has 0 atom stereocenters. The smallest absolute Gasteiger partial charge is 0.166 e. The molecule has 0 unspecified atom stereocenters. The van der Waals surface area contributed by atoms with E-state index in [1.165, 1.54) is 87.8 Å². The van der Waals surface area contributed by atoms with Crippen LogP contribution >= 0.6 is 0 Å². The van der Waals surface area contributed by atoms with Gasteiger partial charge in [0.2, 0.25) is 0 Å². The van der Waals surface area contributed by atoms with Crippen molar-refractivity contribution in [3.63, 3.8) is 0 Å². The largest absolute Gasteiger partial charge is 0.508 e. The van der Waals surface area contributed by atoms with Crippen molar-refractivity contribution in [1.29, 1.82) is 0 Å². The second-order valence-corrected chi connectivity index (χ2v) is 9.70. The predicted octanol–water partition coefficient (Wildman–Crippen LogP) is 7.82. The van der Waals surface area contributed by atoms with Gasteiger partial charge in [0.25, 0.3) is 0 Å². The first kappa shape index (κ1) is 29.2. The van der Waals surface area contributed by atoms with E-state index in [9.17, 15) is 30.0 Å². The van der Waals surface area contributed by atoms with Gasteiger partial charge >= 0.3 is 0 Å². The lowest BCUT2D eigenvalue weighted by Crippen LogP contribution is -1.99. The highest BCUT2D eigenvalue weighted by Gasteiger charge is 2.12. The fourth-order valence-corrected chi connectivity index (χ4v) is 4.47. The summed E-state index contributed by atoms with van der Waals surface area (Å²) in [7, 11) is 0. The zero-order chi connectivity index (χ0) is 26.2. The van der Waals surface area contributed by atoms with Gasteiger partial charge in [-0.05, 0) is 37.1 Å². The molecule has 2 aromatic carbocycles. The molecule has 6 heteroatoms. The Kier molecular flexibility index (Phi) is 13.5. The Hall–Kier alpha value is -3.02. The molecule has 0 amide bonds. The van der Waals surface area contributed by atoms with Gasteiger partial charge in [0.1, 0.15) is 23.0 Å². The second-order valence-electron chi connectivity index (χ2n) is 9.70. The van der Waals surface area contributed by atoms with Crippen molar-refractivity contribution in [3.05, 3.63) is 47.5 Å². The zero-order valence-electron chi connectivity index (χ0n) is 21.4. The van der Waals surface area contributed by atoms with Crippen LogP contribution in [0.25, 0.3) is 0 Å². The summed E-state index contributed by atoms with van der Waals surface area (Å²) in [6, 6.07) is 8.20. The Balaban J connectivity index is 1.35. The lowest BCUT2D eigenvalue weighted by molar-refractivity contribution is 0.0968. The van der Waals surface area contributed by atoms with Gasteiger partial charge in [0.15, 0.2) is 11.6 Å². The van der Waals surface area contributed by atoms with E-state index < -0.39 is 0 Å². The van der Waals surface area contributed by atoms with E-state index in [-0.39, 0.29) is 45.7 Å². The van der Waals surface area contributed by atoms with Crippen LogP contribution < -0.4 is 0 Å². The Morgan fingerprint density at radius 2 is 0.722 bits per heavy atom. The number of phenols is 4. The van der Waals surface area contributed by atoms with E-state index in [1.807, 2.05) is 0 Å². The molecule has 0 bridgehead atoms. The molecule has 0 heterocycles. The Morgan fingerprint density at radius 3 is 1.00 bits per heavy atom. The van der Waals surface area contributed by atoms with Crippen molar-refractivity contribution in [1.82, 2.24) is 0 Å². The fourth-order valence-electron chi connectivity index (χ4n) is 4.47. The minimum absolute atomic E-state index is 0.0415. The number of phenolic OH excluding ortho intramolecular Hbond substituents is 4. The van der Waals surface area contributed by atoms with Gasteiger partial charge in [-0.1, -0.05) is 77.0 Å². The van der Waals surface area contributed by atoms with Crippen LogP contribution in [0.1, 0.15) is 123 Å². The van der Waals surface area contributed by atoms with Crippen molar-refractivity contribution < 1.29 is 30.0 Å². The molecule has 6 nitrogen and oxygen atoms in total. The molecule has 0 aliphatic carbocycles. The number of carbonyl (C=O) groups excluding carboxylic acids is 2. The summed E-state index contributed by atoms with van der Waals surface area (Å²) >= 11 is 0. The molecule has 0 aliphatic rings. The van der Waals surface area contributed by atoms with Crippen molar-refractivity contribution in [2.75, 3.05) is 0 Å². The van der Waals surface area contributed by atoms with Crippen LogP contribution in [0.2, 0.25) is 0 Å². The van der Waals surface area contributed by atoms with Gasteiger partial charge in [-0.25, -0.2) is 0 Å². The third-order valence-corrected chi connectivity index (χ3v) is 6.62. The molecule has 4 N–H and O–H groups in total. The summed E-state index contributed by atoms with van der Waals surface area (Å²) in [6.07, 6.45) is 16.7. The average molecular weight is 499 g/mol. The fraction of sp³-hybridized carbons (Fsp3) is 0.533. The molecule has 0 aliphatic heterocycles. The molecule has 0 spiro atoms. The average Bonchev–Trinajstić information content (AvgIpc) is 2.83. The maximum Gasteiger partial charge on any atom is 0.166 e. The van der Waals surface area contributed by atoms with Crippen LogP contribution in [-0.4, -0.2) is 32.0 Å². The Bertz CT molecular complexity index is 875. The van der Waals surface area contributed by atoms with Crippen LogP contribution in [0.4, 0.5) is 0 Å². The molecular weight excluding hydrogens is 456 g/mol. The van der Waals surface area contributed by atoms with E-state index in [2.05, 4.69) is 0 Å². The maximum atomic E-state index is 12.1. The second kappa shape index (κ2) is 16.6. The molecule has 2 rings (SSSR count). The molecule has 36 heavy (non-hydrogen) atoms. The zero-order valence-corrected chi connectivity index (χ0v) is 21.4. The number of carbonyl (C=O) groups is 2. The summed E-state index contributed by atoms with van der Waals surface area (Å²) in [5, 5.41) is 38.1. The number of aromatic hydroxyl groups is 4. The van der Waals surface area contributed by atoms with Crippen LogP contribution in [0.5, 0.6) is 23.0 Å². The SMILES string of the molecule is O=C(CCCCCCCCCCCCCCCCC(=O)c1ccc(O)cc1O)c1ccc(O)cc1O. The molecule has 0 aromatic heterocycles. The number of benzene rings is 2. The lowest BCUT2D eigenvalue weighted by Gasteiger charge is -2.05. The quantitative estimate of drug-likeness (QED) is 0.116. The van der Waals surface area contributed by atoms with Crippen molar-refractivity contribution >= 4 is 11.6 Å². The summed E-state index contributed by atoms with van der Waals surface area (Å²) in [5.74, 6) is -0.535. The summed E-state index contributed by atoms with van der Waals surface area (Å²) in [4.78, 5) is 24.3. The van der Waals surface area contributed by atoms with Crippen LogP contribution in [-0.2, 0) is 0 Å². The Morgan fingerprint density at radius 1 is 0.444 bits per heavy atom. The van der Waals surface area contributed by atoms with Gasteiger partial charge in [0.05, 0.1) is 11.1 Å². The first-order valence-electron chi connectivity index (χ1n) is 13.5. The van der Waals surface area contributed by atoms with E-state index in [1.54, 1.807) is 0 Å². The minimum Gasteiger partial charge on any atom is -0.508 e. The Labute approximate surface area is 215 Å². The molecular formula is C30H42O6. The van der Waals surface area contributed by atoms with Gasteiger partial charge in [-0.15, -0.1) is 0 Å². The summed E-state index contributed by atoms with van der Waals surface area (Å²) in [6.45, 7) is 0. The standard InChI is InChI=1S/C30H42O6/c31-23-17-19-25(29(35)21-23)27(33)15-13-11-9-7-5-3-1-2-4-6-8-10-12-14-16-28(34)26-20-18-24(32)22-30(26)36/h17-22,31-32,35-36H,1-16H2. The topological polar surface area (TPSA) is 115 Å². The van der Waals surface area contributed by atoms with Crippen molar-refractivity contribution in [2.45, 2.75) is 103 Å². The highest BCUT2D eigenvalue weighted by atomic mass is 16.3. The van der Waals surface area contributed by atoms with E-state index in [0.717, 1.165) is 38.5 Å². The highest BCUT2D eigenvalue weighted by Crippen LogP contribution is 2.25. The van der Waals surface area contributed by atoms with Crippen LogP contribution in [0.3, 0.4) is 0 Å². The normalized spacial score (nSPS) is 11.0. The summed E-state index contributed by atoms with van der Waals surface area (Å²) in [5.41, 5.74) is 0.573. The molecule has 0 fully saturated rings.